The molecule has 0 unspecified atom stereocenters. The van der Waals surface area contributed by atoms with Gasteiger partial charge in [-0.05, 0) is 42.9 Å². The van der Waals surface area contributed by atoms with E-state index in [-0.39, 0.29) is 11.9 Å². The molecule has 5 heteroatoms. The molecule has 1 aromatic heterocycles. The fourth-order valence-corrected chi connectivity index (χ4v) is 4.40. The number of aromatic amines is 1. The molecule has 0 aliphatic heterocycles. The van der Waals surface area contributed by atoms with Gasteiger partial charge in [-0.2, -0.15) is 0 Å². The number of benzene rings is 2. The zero-order valence-electron chi connectivity index (χ0n) is 15.7. The second-order valence-electron chi connectivity index (χ2n) is 7.79. The Morgan fingerprint density at radius 3 is 2.36 bits per heavy atom. The van der Waals surface area contributed by atoms with Gasteiger partial charge in [-0.25, -0.2) is 4.98 Å². The quantitative estimate of drug-likeness (QED) is 0.645. The third kappa shape index (κ3) is 3.22. The van der Waals surface area contributed by atoms with Crippen LogP contribution in [0.15, 0.2) is 60.9 Å². The molecule has 5 rings (SSSR count). The SMILES string of the molecule is O=C(N[C@H]1CC[C@H]1NC1Cc2ccccc2C1)c1ccccc1-c1ncc[nH]1. The number of fused-ring (bicyclic) bond motifs is 1. The maximum atomic E-state index is 12.9. The van der Waals surface area contributed by atoms with E-state index in [0.29, 0.717) is 17.6 Å². The minimum atomic E-state index is -0.0294. The zero-order valence-corrected chi connectivity index (χ0v) is 15.7. The number of aromatic nitrogens is 2. The molecular formula is C23H24N4O. The Morgan fingerprint density at radius 1 is 0.964 bits per heavy atom. The monoisotopic (exact) mass is 372 g/mol. The fraction of sp³-hybridized carbons (Fsp3) is 0.304. The normalized spacial score (nSPS) is 21.1. The highest BCUT2D eigenvalue weighted by atomic mass is 16.1. The molecule has 28 heavy (non-hydrogen) atoms. The van der Waals surface area contributed by atoms with Gasteiger partial charge >= 0.3 is 0 Å². The predicted molar refractivity (Wildman–Crippen MR) is 109 cm³/mol. The molecule has 2 aliphatic carbocycles. The van der Waals surface area contributed by atoms with Gasteiger partial charge < -0.3 is 15.6 Å². The highest BCUT2D eigenvalue weighted by molar-refractivity contribution is 6.00. The maximum absolute atomic E-state index is 12.9. The van der Waals surface area contributed by atoms with Crippen LogP contribution in [-0.2, 0) is 12.8 Å². The van der Waals surface area contributed by atoms with Crippen LogP contribution in [0, 0.1) is 0 Å². The first-order chi connectivity index (χ1) is 13.8. The second kappa shape index (κ2) is 7.24. The average molecular weight is 372 g/mol. The van der Waals surface area contributed by atoms with E-state index >= 15 is 0 Å². The second-order valence-corrected chi connectivity index (χ2v) is 7.79. The largest absolute Gasteiger partial charge is 0.348 e. The van der Waals surface area contributed by atoms with Crippen molar-refractivity contribution in [2.45, 2.75) is 43.8 Å². The van der Waals surface area contributed by atoms with E-state index in [1.807, 2.05) is 24.3 Å². The zero-order chi connectivity index (χ0) is 18.9. The molecule has 1 heterocycles. The molecule has 0 radical (unpaired) electrons. The molecule has 2 aromatic carbocycles. The van der Waals surface area contributed by atoms with Crippen molar-refractivity contribution in [2.24, 2.45) is 0 Å². The van der Waals surface area contributed by atoms with Crippen molar-refractivity contribution in [2.75, 3.05) is 0 Å². The smallest absolute Gasteiger partial charge is 0.252 e. The van der Waals surface area contributed by atoms with Gasteiger partial charge in [0, 0.05) is 36.1 Å². The first-order valence-electron chi connectivity index (χ1n) is 10.0. The summed E-state index contributed by atoms with van der Waals surface area (Å²) in [6.07, 6.45) is 7.76. The van der Waals surface area contributed by atoms with Gasteiger partial charge in [-0.1, -0.05) is 42.5 Å². The standard InChI is InChI=1S/C23H24N4O/c28-23(19-8-4-3-7-18(19)22-24-11-12-25-22)27-21-10-9-20(21)26-17-13-15-5-1-2-6-16(15)14-17/h1-8,11-12,17,20-21,26H,9-10,13-14H2,(H,24,25)(H,27,28)/t20-,21+/m1/s1. The van der Waals surface area contributed by atoms with Crippen LogP contribution in [0.1, 0.15) is 34.3 Å². The Morgan fingerprint density at radius 2 is 1.68 bits per heavy atom. The summed E-state index contributed by atoms with van der Waals surface area (Å²) in [5, 5.41) is 7.02. The van der Waals surface area contributed by atoms with Crippen LogP contribution >= 0.6 is 0 Å². The van der Waals surface area contributed by atoms with Crippen molar-refractivity contribution in [3.63, 3.8) is 0 Å². The molecule has 0 saturated heterocycles. The summed E-state index contributed by atoms with van der Waals surface area (Å²) >= 11 is 0. The maximum Gasteiger partial charge on any atom is 0.252 e. The summed E-state index contributed by atoms with van der Waals surface area (Å²) in [7, 11) is 0. The Hall–Kier alpha value is -2.92. The van der Waals surface area contributed by atoms with Crippen molar-refractivity contribution in [3.8, 4) is 11.4 Å². The third-order valence-corrected chi connectivity index (χ3v) is 6.02. The van der Waals surface area contributed by atoms with E-state index in [9.17, 15) is 4.79 Å². The summed E-state index contributed by atoms with van der Waals surface area (Å²) < 4.78 is 0. The minimum Gasteiger partial charge on any atom is -0.348 e. The number of rotatable bonds is 5. The molecule has 2 aliphatic rings. The van der Waals surface area contributed by atoms with Crippen molar-refractivity contribution >= 4 is 5.91 Å². The number of nitrogens with one attached hydrogen (secondary N) is 3. The highest BCUT2D eigenvalue weighted by Crippen LogP contribution is 2.27. The molecule has 3 aromatic rings. The van der Waals surface area contributed by atoms with Crippen LogP contribution < -0.4 is 10.6 Å². The van der Waals surface area contributed by atoms with Gasteiger partial charge in [-0.3, -0.25) is 4.79 Å². The number of hydrogen-bond acceptors (Lipinski definition) is 3. The number of amides is 1. The molecule has 0 bridgehead atoms. The van der Waals surface area contributed by atoms with Gasteiger partial charge in [0.25, 0.3) is 5.91 Å². The summed E-state index contributed by atoms with van der Waals surface area (Å²) in [5.74, 6) is 0.691. The van der Waals surface area contributed by atoms with Crippen LogP contribution in [0.4, 0.5) is 0 Å². The van der Waals surface area contributed by atoms with Crippen molar-refractivity contribution < 1.29 is 4.79 Å². The number of imidazole rings is 1. The number of carbonyl (C=O) groups excluding carboxylic acids is 1. The Bertz CT molecular complexity index is 957. The molecule has 1 amide bonds. The summed E-state index contributed by atoms with van der Waals surface area (Å²) in [6, 6.07) is 17.3. The first kappa shape index (κ1) is 17.2. The van der Waals surface area contributed by atoms with Crippen molar-refractivity contribution in [1.29, 1.82) is 0 Å². The van der Waals surface area contributed by atoms with Gasteiger partial charge in [-0.15, -0.1) is 0 Å². The Kier molecular flexibility index (Phi) is 4.45. The number of carbonyl (C=O) groups is 1. The number of hydrogen-bond donors (Lipinski definition) is 3. The van der Waals surface area contributed by atoms with E-state index in [1.54, 1.807) is 12.4 Å². The first-order valence-corrected chi connectivity index (χ1v) is 10.0. The minimum absolute atomic E-state index is 0.0294. The Balaban J connectivity index is 1.23. The summed E-state index contributed by atoms with van der Waals surface area (Å²) in [5.41, 5.74) is 4.40. The van der Waals surface area contributed by atoms with Crippen LogP contribution in [0.2, 0.25) is 0 Å². The molecule has 0 spiro atoms. The molecule has 2 atom stereocenters. The van der Waals surface area contributed by atoms with Gasteiger partial charge in [0.15, 0.2) is 0 Å². The molecule has 3 N–H and O–H groups in total. The van der Waals surface area contributed by atoms with Gasteiger partial charge in [0.2, 0.25) is 0 Å². The topological polar surface area (TPSA) is 69.8 Å². The van der Waals surface area contributed by atoms with Crippen LogP contribution in [-0.4, -0.2) is 34.0 Å². The molecule has 142 valence electrons. The van der Waals surface area contributed by atoms with Crippen molar-refractivity contribution in [1.82, 2.24) is 20.6 Å². The van der Waals surface area contributed by atoms with E-state index in [4.69, 9.17) is 0 Å². The number of H-pyrrole nitrogens is 1. The molecule has 5 nitrogen and oxygen atoms in total. The van der Waals surface area contributed by atoms with E-state index < -0.39 is 0 Å². The lowest BCUT2D eigenvalue weighted by Crippen LogP contribution is -2.59. The lowest BCUT2D eigenvalue weighted by molar-refractivity contribution is 0.0890. The van der Waals surface area contributed by atoms with Crippen LogP contribution in [0.25, 0.3) is 11.4 Å². The fourth-order valence-electron chi connectivity index (χ4n) is 4.40. The lowest BCUT2D eigenvalue weighted by Gasteiger charge is -2.39. The lowest BCUT2D eigenvalue weighted by atomic mass is 9.85. The predicted octanol–water partition coefficient (Wildman–Crippen LogP) is 3.09. The summed E-state index contributed by atoms with van der Waals surface area (Å²) in [4.78, 5) is 20.3. The van der Waals surface area contributed by atoms with Crippen LogP contribution in [0.5, 0.6) is 0 Å². The van der Waals surface area contributed by atoms with Gasteiger partial charge in [0.05, 0.1) is 5.56 Å². The summed E-state index contributed by atoms with van der Waals surface area (Å²) in [6.45, 7) is 0. The Labute approximate surface area is 164 Å². The van der Waals surface area contributed by atoms with Crippen LogP contribution in [0.3, 0.4) is 0 Å². The highest BCUT2D eigenvalue weighted by Gasteiger charge is 2.35. The van der Waals surface area contributed by atoms with E-state index in [0.717, 1.165) is 37.1 Å². The van der Waals surface area contributed by atoms with E-state index in [2.05, 4.69) is 44.9 Å². The molecule has 1 fully saturated rings. The average Bonchev–Trinajstić information content (AvgIpc) is 3.38. The van der Waals surface area contributed by atoms with E-state index in [1.165, 1.54) is 11.1 Å². The van der Waals surface area contributed by atoms with Crippen molar-refractivity contribution in [3.05, 3.63) is 77.6 Å². The molecular weight excluding hydrogens is 348 g/mol. The van der Waals surface area contributed by atoms with Gasteiger partial charge in [0.1, 0.15) is 5.82 Å². The number of nitrogens with zero attached hydrogens (tertiary/aromatic N) is 1. The third-order valence-electron chi connectivity index (χ3n) is 6.02. The molecule has 1 saturated carbocycles.